The van der Waals surface area contributed by atoms with E-state index in [9.17, 15) is 9.59 Å². The molecule has 0 atom stereocenters. The number of hydrogen-bond acceptors (Lipinski definition) is 2. The number of carbonyl (C=O) groups is 2. The Morgan fingerprint density at radius 3 is 2.62 bits per heavy atom. The molecule has 0 spiro atoms. The molecule has 1 aliphatic carbocycles. The SMILES string of the molecule is CC1(C)CC(=O)C=C(CC(=O)O)C1. The van der Waals surface area contributed by atoms with Gasteiger partial charge in [-0.25, -0.2) is 0 Å². The van der Waals surface area contributed by atoms with Crippen LogP contribution < -0.4 is 0 Å². The van der Waals surface area contributed by atoms with Gasteiger partial charge in [0.1, 0.15) is 0 Å². The van der Waals surface area contributed by atoms with Gasteiger partial charge in [-0.3, -0.25) is 9.59 Å². The lowest BCUT2D eigenvalue weighted by molar-refractivity contribution is -0.136. The second kappa shape index (κ2) is 3.32. The predicted octanol–water partition coefficient (Wildman–Crippen LogP) is 1.78. The Morgan fingerprint density at radius 1 is 1.54 bits per heavy atom. The highest BCUT2D eigenvalue weighted by Crippen LogP contribution is 2.34. The lowest BCUT2D eigenvalue weighted by Crippen LogP contribution is -2.22. The van der Waals surface area contributed by atoms with Gasteiger partial charge in [0.25, 0.3) is 0 Å². The van der Waals surface area contributed by atoms with Crippen LogP contribution in [0.1, 0.15) is 33.1 Å². The smallest absolute Gasteiger partial charge is 0.307 e. The molecule has 0 aliphatic heterocycles. The fraction of sp³-hybridized carbons (Fsp3) is 0.600. The van der Waals surface area contributed by atoms with Crippen LogP contribution in [0.4, 0.5) is 0 Å². The van der Waals surface area contributed by atoms with Crippen molar-refractivity contribution in [1.29, 1.82) is 0 Å². The number of carbonyl (C=O) groups excluding carboxylic acids is 1. The fourth-order valence-corrected chi connectivity index (χ4v) is 1.79. The van der Waals surface area contributed by atoms with Gasteiger partial charge in [0.15, 0.2) is 5.78 Å². The first kappa shape index (κ1) is 9.96. The van der Waals surface area contributed by atoms with Crippen LogP contribution in [0.3, 0.4) is 0 Å². The fourth-order valence-electron chi connectivity index (χ4n) is 1.79. The zero-order chi connectivity index (χ0) is 10.1. The molecule has 1 rings (SSSR count). The Bertz CT molecular complexity index is 274. The van der Waals surface area contributed by atoms with Gasteiger partial charge in [-0.2, -0.15) is 0 Å². The first-order chi connectivity index (χ1) is 5.89. The van der Waals surface area contributed by atoms with Crippen molar-refractivity contribution in [3.63, 3.8) is 0 Å². The molecule has 0 unspecified atom stereocenters. The first-order valence-corrected chi connectivity index (χ1v) is 4.33. The second-order valence-electron chi connectivity index (χ2n) is 4.36. The van der Waals surface area contributed by atoms with Crippen molar-refractivity contribution in [2.24, 2.45) is 5.41 Å². The van der Waals surface area contributed by atoms with E-state index in [1.165, 1.54) is 6.08 Å². The number of hydrogen-bond donors (Lipinski definition) is 1. The highest BCUT2D eigenvalue weighted by molar-refractivity contribution is 5.92. The minimum Gasteiger partial charge on any atom is -0.481 e. The standard InChI is InChI=1S/C10H14O3/c1-10(2)5-7(4-9(12)13)3-8(11)6-10/h3H,4-6H2,1-2H3,(H,12,13). The summed E-state index contributed by atoms with van der Waals surface area (Å²) >= 11 is 0. The van der Waals surface area contributed by atoms with Crippen LogP contribution in [0.5, 0.6) is 0 Å². The number of aliphatic carboxylic acids is 1. The molecule has 1 N–H and O–H groups in total. The topological polar surface area (TPSA) is 54.4 Å². The van der Waals surface area contributed by atoms with Crippen molar-refractivity contribution in [2.45, 2.75) is 33.1 Å². The predicted molar refractivity (Wildman–Crippen MR) is 48.4 cm³/mol. The Labute approximate surface area is 77.4 Å². The molecule has 0 radical (unpaired) electrons. The van der Waals surface area contributed by atoms with Crippen molar-refractivity contribution < 1.29 is 14.7 Å². The number of carboxylic acid groups (broad SMARTS) is 1. The highest BCUT2D eigenvalue weighted by atomic mass is 16.4. The van der Waals surface area contributed by atoms with Gasteiger partial charge < -0.3 is 5.11 Å². The van der Waals surface area contributed by atoms with Gasteiger partial charge in [0.05, 0.1) is 6.42 Å². The normalized spacial score (nSPS) is 21.1. The molecule has 0 saturated heterocycles. The van der Waals surface area contributed by atoms with E-state index in [-0.39, 0.29) is 17.6 Å². The number of carboxylic acids is 1. The van der Waals surface area contributed by atoms with E-state index in [0.29, 0.717) is 12.8 Å². The van der Waals surface area contributed by atoms with Crippen LogP contribution in [0.2, 0.25) is 0 Å². The molecule has 3 nitrogen and oxygen atoms in total. The van der Waals surface area contributed by atoms with Crippen LogP contribution >= 0.6 is 0 Å². The molecule has 0 aromatic rings. The quantitative estimate of drug-likeness (QED) is 0.708. The van der Waals surface area contributed by atoms with Gasteiger partial charge in [-0.15, -0.1) is 0 Å². The van der Waals surface area contributed by atoms with Gasteiger partial charge >= 0.3 is 5.97 Å². The zero-order valence-corrected chi connectivity index (χ0v) is 7.96. The van der Waals surface area contributed by atoms with Gasteiger partial charge in [-0.05, 0) is 17.9 Å². The molecule has 72 valence electrons. The molecule has 13 heavy (non-hydrogen) atoms. The van der Waals surface area contributed by atoms with E-state index in [4.69, 9.17) is 5.11 Å². The molecule has 1 aliphatic rings. The average molecular weight is 182 g/mol. The largest absolute Gasteiger partial charge is 0.481 e. The summed E-state index contributed by atoms with van der Waals surface area (Å²) in [6.07, 6.45) is 2.72. The molecule has 0 saturated carbocycles. The zero-order valence-electron chi connectivity index (χ0n) is 7.96. The highest BCUT2D eigenvalue weighted by Gasteiger charge is 2.27. The van der Waals surface area contributed by atoms with Gasteiger partial charge in [0, 0.05) is 6.42 Å². The minimum atomic E-state index is -0.864. The van der Waals surface area contributed by atoms with Crippen molar-refractivity contribution in [1.82, 2.24) is 0 Å². The number of allylic oxidation sites excluding steroid dienone is 1. The van der Waals surface area contributed by atoms with E-state index < -0.39 is 5.97 Å². The third kappa shape index (κ3) is 3.01. The van der Waals surface area contributed by atoms with Crippen LogP contribution in [0.25, 0.3) is 0 Å². The molecule has 0 bridgehead atoms. The van der Waals surface area contributed by atoms with Crippen LogP contribution in [-0.2, 0) is 9.59 Å². The summed E-state index contributed by atoms with van der Waals surface area (Å²) in [4.78, 5) is 21.6. The molecule has 0 aromatic heterocycles. The van der Waals surface area contributed by atoms with Crippen LogP contribution in [0, 0.1) is 5.41 Å². The maximum absolute atomic E-state index is 11.2. The molecular weight excluding hydrogens is 168 g/mol. The molecule has 0 amide bonds. The second-order valence-corrected chi connectivity index (χ2v) is 4.36. The van der Waals surface area contributed by atoms with Crippen LogP contribution in [0.15, 0.2) is 11.6 Å². The van der Waals surface area contributed by atoms with Crippen molar-refractivity contribution >= 4 is 11.8 Å². The molecule has 0 fully saturated rings. The Hall–Kier alpha value is -1.12. The monoisotopic (exact) mass is 182 g/mol. The van der Waals surface area contributed by atoms with E-state index in [0.717, 1.165) is 5.57 Å². The maximum Gasteiger partial charge on any atom is 0.307 e. The minimum absolute atomic E-state index is 0.00479. The molecular formula is C10H14O3. The van der Waals surface area contributed by atoms with Gasteiger partial charge in [-0.1, -0.05) is 19.4 Å². The van der Waals surface area contributed by atoms with Crippen molar-refractivity contribution in [2.75, 3.05) is 0 Å². The van der Waals surface area contributed by atoms with Gasteiger partial charge in [0.2, 0.25) is 0 Å². The van der Waals surface area contributed by atoms with E-state index >= 15 is 0 Å². The Kier molecular flexibility index (Phi) is 2.55. The summed E-state index contributed by atoms with van der Waals surface area (Å²) < 4.78 is 0. The van der Waals surface area contributed by atoms with Crippen molar-refractivity contribution in [3.8, 4) is 0 Å². The van der Waals surface area contributed by atoms with Crippen LogP contribution in [-0.4, -0.2) is 16.9 Å². The number of ketones is 1. The maximum atomic E-state index is 11.2. The van der Waals surface area contributed by atoms with Crippen molar-refractivity contribution in [3.05, 3.63) is 11.6 Å². The Balaban J connectivity index is 2.75. The first-order valence-electron chi connectivity index (χ1n) is 4.33. The van der Waals surface area contributed by atoms with E-state index in [2.05, 4.69) is 0 Å². The summed E-state index contributed by atoms with van der Waals surface area (Å²) in [5.41, 5.74) is 0.671. The summed E-state index contributed by atoms with van der Waals surface area (Å²) in [7, 11) is 0. The lowest BCUT2D eigenvalue weighted by Gasteiger charge is -2.28. The molecule has 0 aromatic carbocycles. The van der Waals surface area contributed by atoms with E-state index in [1.54, 1.807) is 0 Å². The van der Waals surface area contributed by atoms with E-state index in [1.807, 2.05) is 13.8 Å². The Morgan fingerprint density at radius 2 is 2.15 bits per heavy atom. The molecule has 0 heterocycles. The summed E-state index contributed by atoms with van der Waals surface area (Å²) in [6, 6.07) is 0. The lowest BCUT2D eigenvalue weighted by atomic mass is 9.76. The summed E-state index contributed by atoms with van der Waals surface area (Å²) in [6.45, 7) is 3.97. The summed E-state index contributed by atoms with van der Waals surface area (Å²) in [5, 5.41) is 8.57. The number of rotatable bonds is 2. The summed E-state index contributed by atoms with van der Waals surface area (Å²) in [5.74, 6) is -0.816. The average Bonchev–Trinajstić information content (AvgIpc) is 1.78. The third-order valence-electron chi connectivity index (χ3n) is 2.10. The molecule has 3 heteroatoms. The third-order valence-corrected chi connectivity index (χ3v) is 2.10.